The molecule has 3 aromatic carbocycles. The largest absolute Gasteiger partial charge is 0.281 e. The van der Waals surface area contributed by atoms with Crippen molar-refractivity contribution in [2.75, 3.05) is 0 Å². The van der Waals surface area contributed by atoms with Crippen molar-refractivity contribution in [2.24, 2.45) is 0 Å². The molecule has 2 heterocycles. The second kappa shape index (κ2) is 8.07. The first kappa shape index (κ1) is 19.6. The Morgan fingerprint density at radius 3 is 1.91 bits per heavy atom. The van der Waals surface area contributed by atoms with E-state index in [1.807, 2.05) is 55.5 Å². The molecule has 0 saturated heterocycles. The highest BCUT2D eigenvalue weighted by molar-refractivity contribution is 5.80. The predicted molar refractivity (Wildman–Crippen MR) is 128 cm³/mol. The zero-order valence-corrected chi connectivity index (χ0v) is 17.5. The molecule has 0 aliphatic carbocycles. The second-order valence-corrected chi connectivity index (χ2v) is 7.36. The van der Waals surface area contributed by atoms with Gasteiger partial charge >= 0.3 is 0 Å². The molecule has 0 spiro atoms. The van der Waals surface area contributed by atoms with Crippen LogP contribution in [0.2, 0.25) is 0 Å². The Labute approximate surface area is 183 Å². The second-order valence-electron chi connectivity index (χ2n) is 7.36. The summed E-state index contributed by atoms with van der Waals surface area (Å²) in [5.41, 5.74) is 1.51. The van der Waals surface area contributed by atoms with Crippen molar-refractivity contribution < 1.29 is 0 Å². The van der Waals surface area contributed by atoms with Gasteiger partial charge in [0, 0.05) is 6.42 Å². The summed E-state index contributed by atoms with van der Waals surface area (Å²) in [6.45, 7) is 1.91. The molecule has 0 unspecified atom stereocenters. The molecule has 6 nitrogen and oxygen atoms in total. The number of hydrogen-bond acceptors (Lipinski definition) is 4. The van der Waals surface area contributed by atoms with Gasteiger partial charge in [0.15, 0.2) is 5.82 Å². The van der Waals surface area contributed by atoms with Crippen LogP contribution in [0.3, 0.4) is 0 Å². The SMILES string of the molecule is CCc1nc2ccccc2c(=O)n1-n1c(/C=C/c2ccccc2)nc2ccccc2c1=O. The summed E-state index contributed by atoms with van der Waals surface area (Å²) in [5, 5.41) is 0.884. The molecule has 0 aliphatic heterocycles. The van der Waals surface area contributed by atoms with Gasteiger partial charge in [-0.1, -0.05) is 67.6 Å². The number of para-hydroxylation sites is 2. The van der Waals surface area contributed by atoms with Gasteiger partial charge in [0.05, 0.1) is 21.8 Å². The van der Waals surface area contributed by atoms with Crippen molar-refractivity contribution in [1.82, 2.24) is 19.3 Å². The fourth-order valence-corrected chi connectivity index (χ4v) is 3.78. The van der Waals surface area contributed by atoms with E-state index in [-0.39, 0.29) is 11.1 Å². The van der Waals surface area contributed by atoms with E-state index >= 15 is 0 Å². The summed E-state index contributed by atoms with van der Waals surface area (Å²) in [7, 11) is 0. The summed E-state index contributed by atoms with van der Waals surface area (Å²) in [6, 6.07) is 24.0. The Hall–Kier alpha value is -4.32. The molecule has 0 radical (unpaired) electrons. The minimum absolute atomic E-state index is 0.305. The third-order valence-corrected chi connectivity index (χ3v) is 5.34. The minimum atomic E-state index is -0.322. The van der Waals surface area contributed by atoms with E-state index in [2.05, 4.69) is 4.98 Å². The van der Waals surface area contributed by atoms with Crippen LogP contribution in [0, 0.1) is 0 Å². The van der Waals surface area contributed by atoms with Crippen LogP contribution in [0.4, 0.5) is 0 Å². The summed E-state index contributed by atoms with van der Waals surface area (Å²) in [6.07, 6.45) is 4.10. The van der Waals surface area contributed by atoms with Gasteiger partial charge in [-0.2, -0.15) is 9.35 Å². The number of nitrogens with zero attached hydrogens (tertiary/aromatic N) is 4. The summed E-state index contributed by atoms with van der Waals surface area (Å²) < 4.78 is 2.69. The van der Waals surface area contributed by atoms with E-state index in [4.69, 9.17) is 4.98 Å². The maximum Gasteiger partial charge on any atom is 0.281 e. The maximum atomic E-state index is 13.6. The van der Waals surface area contributed by atoms with Gasteiger partial charge in [0.1, 0.15) is 5.82 Å². The third kappa shape index (κ3) is 3.32. The van der Waals surface area contributed by atoms with Gasteiger partial charge in [0.2, 0.25) is 0 Å². The maximum absolute atomic E-state index is 13.6. The molecule has 156 valence electrons. The Bertz CT molecular complexity index is 1600. The van der Waals surface area contributed by atoms with Gasteiger partial charge in [-0.05, 0) is 35.9 Å². The van der Waals surface area contributed by atoms with Gasteiger partial charge in [-0.25, -0.2) is 9.97 Å². The molecule has 32 heavy (non-hydrogen) atoms. The lowest BCUT2D eigenvalue weighted by Crippen LogP contribution is -2.39. The van der Waals surface area contributed by atoms with E-state index in [0.717, 1.165) is 5.56 Å². The van der Waals surface area contributed by atoms with Gasteiger partial charge in [-0.3, -0.25) is 9.59 Å². The average Bonchev–Trinajstić information content (AvgIpc) is 2.84. The molecule has 0 bridgehead atoms. The van der Waals surface area contributed by atoms with Crippen molar-refractivity contribution >= 4 is 34.0 Å². The smallest absolute Gasteiger partial charge is 0.267 e. The van der Waals surface area contributed by atoms with Crippen LogP contribution in [-0.2, 0) is 6.42 Å². The number of aromatic nitrogens is 4. The third-order valence-electron chi connectivity index (χ3n) is 5.34. The van der Waals surface area contributed by atoms with E-state index in [1.165, 1.54) is 9.35 Å². The lowest BCUT2D eigenvalue weighted by atomic mass is 10.2. The summed E-state index contributed by atoms with van der Waals surface area (Å²) >= 11 is 0. The van der Waals surface area contributed by atoms with Crippen LogP contribution in [0.15, 0.2) is 88.5 Å². The quantitative estimate of drug-likeness (QED) is 0.438. The Kier molecular flexibility index (Phi) is 4.95. The Morgan fingerprint density at radius 1 is 0.688 bits per heavy atom. The fourth-order valence-electron chi connectivity index (χ4n) is 3.78. The van der Waals surface area contributed by atoms with Gasteiger partial charge in [-0.15, -0.1) is 0 Å². The molecule has 5 aromatic rings. The fraction of sp³-hybridized carbons (Fsp3) is 0.0769. The highest BCUT2D eigenvalue weighted by atomic mass is 16.2. The van der Waals surface area contributed by atoms with Gasteiger partial charge in [0.25, 0.3) is 11.1 Å². The normalized spacial score (nSPS) is 11.5. The van der Waals surface area contributed by atoms with Gasteiger partial charge < -0.3 is 0 Å². The topological polar surface area (TPSA) is 69.8 Å². The van der Waals surface area contributed by atoms with Crippen molar-refractivity contribution in [1.29, 1.82) is 0 Å². The Balaban J connectivity index is 1.87. The molecule has 0 aliphatic rings. The lowest BCUT2D eigenvalue weighted by molar-refractivity contribution is 0.554. The number of hydrogen-bond donors (Lipinski definition) is 0. The van der Waals surface area contributed by atoms with Crippen LogP contribution in [0.1, 0.15) is 24.1 Å². The van der Waals surface area contributed by atoms with Crippen LogP contribution in [-0.4, -0.2) is 19.3 Å². The first-order valence-electron chi connectivity index (χ1n) is 10.4. The molecule has 0 N–H and O–H groups in total. The van der Waals surface area contributed by atoms with Crippen molar-refractivity contribution in [3.8, 4) is 0 Å². The molecule has 0 saturated carbocycles. The highest BCUT2D eigenvalue weighted by Gasteiger charge is 2.17. The first-order valence-corrected chi connectivity index (χ1v) is 10.4. The van der Waals surface area contributed by atoms with Crippen molar-refractivity contribution in [3.63, 3.8) is 0 Å². The zero-order chi connectivity index (χ0) is 22.1. The molecule has 0 fully saturated rings. The highest BCUT2D eigenvalue weighted by Crippen LogP contribution is 2.14. The number of benzene rings is 3. The van der Waals surface area contributed by atoms with E-state index in [9.17, 15) is 9.59 Å². The summed E-state index contributed by atoms with van der Waals surface area (Å²) in [5.74, 6) is 0.841. The minimum Gasteiger partial charge on any atom is -0.267 e. The summed E-state index contributed by atoms with van der Waals surface area (Å²) in [4.78, 5) is 36.5. The zero-order valence-electron chi connectivity index (χ0n) is 17.5. The number of fused-ring (bicyclic) bond motifs is 2. The predicted octanol–water partition coefficient (Wildman–Crippen LogP) is 4.15. The molecular weight excluding hydrogens is 400 g/mol. The molecular formula is C26H20N4O2. The van der Waals surface area contributed by atoms with E-state index in [0.29, 0.717) is 39.9 Å². The molecule has 0 amide bonds. The standard InChI is InChI=1S/C26H20N4O2/c1-2-23-27-21-14-8-6-12-19(21)25(31)29(23)30-24(17-16-18-10-4-3-5-11-18)28-22-15-9-7-13-20(22)26(30)32/h3-17H,2H2,1H3/b17-16+. The average molecular weight is 420 g/mol. The first-order chi connectivity index (χ1) is 15.7. The lowest BCUT2D eigenvalue weighted by Gasteiger charge is -2.17. The van der Waals surface area contributed by atoms with Crippen molar-refractivity contribution in [2.45, 2.75) is 13.3 Å². The molecule has 6 heteroatoms. The van der Waals surface area contributed by atoms with Crippen molar-refractivity contribution in [3.05, 3.63) is 117 Å². The van der Waals surface area contributed by atoms with Crippen LogP contribution >= 0.6 is 0 Å². The monoisotopic (exact) mass is 420 g/mol. The molecule has 0 atom stereocenters. The van der Waals surface area contributed by atoms with E-state index < -0.39 is 0 Å². The number of rotatable bonds is 4. The molecule has 2 aromatic heterocycles. The van der Waals surface area contributed by atoms with Crippen LogP contribution in [0.5, 0.6) is 0 Å². The van der Waals surface area contributed by atoms with Crippen LogP contribution < -0.4 is 11.1 Å². The van der Waals surface area contributed by atoms with E-state index in [1.54, 1.807) is 42.5 Å². The molecule has 5 rings (SSSR count). The number of aryl methyl sites for hydroxylation is 1. The van der Waals surface area contributed by atoms with Crippen LogP contribution in [0.25, 0.3) is 34.0 Å². The Morgan fingerprint density at radius 2 is 1.25 bits per heavy atom.